The molecule has 18 heavy (non-hydrogen) atoms. The normalized spacial score (nSPS) is 12.8. The summed E-state index contributed by atoms with van der Waals surface area (Å²) in [5, 5.41) is 1.51. The topological polar surface area (TPSA) is 63.2 Å². The largest absolute Gasteiger partial charge is 0.325 e. The molecule has 0 bridgehead atoms. The molecule has 0 aliphatic carbocycles. The minimum absolute atomic E-state index is 0.199. The minimum Gasteiger partial charge on any atom is -0.325 e. The fourth-order valence-electron chi connectivity index (χ4n) is 1.44. The molecule has 0 heterocycles. The van der Waals surface area contributed by atoms with Crippen molar-refractivity contribution in [1.82, 2.24) is 0 Å². The van der Waals surface area contributed by atoms with Gasteiger partial charge in [-0.3, -0.25) is 4.79 Å². The van der Waals surface area contributed by atoms with Crippen molar-refractivity contribution < 1.29 is 13.2 Å². The number of sulfone groups is 1. The van der Waals surface area contributed by atoms with Crippen LogP contribution in [0.3, 0.4) is 0 Å². The number of aryl methyl sites for hydroxylation is 1. The van der Waals surface area contributed by atoms with Gasteiger partial charge in [0.2, 0.25) is 5.91 Å². The molecular weight excluding hydrogens is 250 g/mol. The predicted octanol–water partition coefficient (Wildman–Crippen LogP) is 1.92. The maximum Gasteiger partial charge on any atom is 0.242 e. The summed E-state index contributed by atoms with van der Waals surface area (Å²) < 4.78 is 23.4. The second-order valence-electron chi connectivity index (χ2n) is 4.12. The molecule has 0 fully saturated rings. The highest BCUT2D eigenvalue weighted by atomic mass is 32.2. The first-order valence-corrected chi connectivity index (χ1v) is 7.28. The zero-order chi connectivity index (χ0) is 13.8. The molecule has 1 aromatic carbocycles. The van der Waals surface area contributed by atoms with Crippen LogP contribution in [0.15, 0.2) is 36.9 Å². The van der Waals surface area contributed by atoms with Crippen LogP contribution in [0.2, 0.25) is 0 Å². The fourth-order valence-corrected chi connectivity index (χ4v) is 2.44. The van der Waals surface area contributed by atoms with E-state index in [9.17, 15) is 13.2 Å². The Bertz CT molecular complexity index is 549. The van der Waals surface area contributed by atoms with E-state index in [4.69, 9.17) is 0 Å². The number of benzene rings is 1. The zero-order valence-corrected chi connectivity index (χ0v) is 11.3. The third kappa shape index (κ3) is 3.70. The van der Waals surface area contributed by atoms with Crippen molar-refractivity contribution in [3.63, 3.8) is 0 Å². The molecule has 0 saturated heterocycles. The van der Waals surface area contributed by atoms with E-state index in [1.165, 1.54) is 13.0 Å². The average Bonchev–Trinajstić information content (AvgIpc) is 2.27. The highest BCUT2D eigenvalue weighted by molar-refractivity contribution is 7.92. The van der Waals surface area contributed by atoms with Gasteiger partial charge in [0, 0.05) is 5.69 Å². The first-order valence-electron chi connectivity index (χ1n) is 5.57. The van der Waals surface area contributed by atoms with Crippen molar-refractivity contribution in [2.45, 2.75) is 19.1 Å². The Morgan fingerprint density at radius 2 is 2.17 bits per heavy atom. The van der Waals surface area contributed by atoms with Crippen LogP contribution in [-0.4, -0.2) is 25.3 Å². The molecule has 0 aliphatic heterocycles. The monoisotopic (exact) mass is 267 g/mol. The van der Waals surface area contributed by atoms with Gasteiger partial charge >= 0.3 is 0 Å². The minimum atomic E-state index is -3.47. The summed E-state index contributed by atoms with van der Waals surface area (Å²) in [6.07, 6.45) is 1.28. The Kier molecular flexibility index (Phi) is 4.67. The number of hydrogen-bond donors (Lipinski definition) is 1. The molecule has 4 nitrogen and oxygen atoms in total. The van der Waals surface area contributed by atoms with Crippen molar-refractivity contribution in [2.75, 3.05) is 11.1 Å². The molecule has 1 unspecified atom stereocenters. The van der Waals surface area contributed by atoms with E-state index >= 15 is 0 Å². The lowest BCUT2D eigenvalue weighted by Gasteiger charge is -2.12. The van der Waals surface area contributed by atoms with Crippen LogP contribution in [0, 0.1) is 6.92 Å². The van der Waals surface area contributed by atoms with Crippen LogP contribution in [0.5, 0.6) is 0 Å². The zero-order valence-electron chi connectivity index (χ0n) is 10.5. The van der Waals surface area contributed by atoms with E-state index in [-0.39, 0.29) is 5.75 Å². The SMILES string of the molecule is C=CCS(=O)(=O)C(C)C(=O)Nc1cccc(C)c1. The van der Waals surface area contributed by atoms with Gasteiger partial charge in [0.1, 0.15) is 5.25 Å². The first kappa shape index (κ1) is 14.4. The number of anilines is 1. The lowest BCUT2D eigenvalue weighted by molar-refractivity contribution is -0.115. The molecule has 1 atom stereocenters. The lowest BCUT2D eigenvalue weighted by atomic mass is 10.2. The van der Waals surface area contributed by atoms with E-state index in [0.717, 1.165) is 5.56 Å². The lowest BCUT2D eigenvalue weighted by Crippen LogP contribution is -2.33. The molecule has 0 aromatic heterocycles. The van der Waals surface area contributed by atoms with Crippen LogP contribution < -0.4 is 5.32 Å². The molecule has 1 amide bonds. The fraction of sp³-hybridized carbons (Fsp3) is 0.308. The summed E-state index contributed by atoms with van der Waals surface area (Å²) >= 11 is 0. The second kappa shape index (κ2) is 5.82. The molecule has 98 valence electrons. The number of amides is 1. The van der Waals surface area contributed by atoms with Crippen molar-refractivity contribution in [2.24, 2.45) is 0 Å². The van der Waals surface area contributed by atoms with Crippen molar-refractivity contribution in [3.8, 4) is 0 Å². The molecular formula is C13H17NO3S. The molecule has 1 rings (SSSR count). The Balaban J connectivity index is 2.80. The Morgan fingerprint density at radius 1 is 1.50 bits per heavy atom. The first-order chi connectivity index (χ1) is 8.36. The highest BCUT2D eigenvalue weighted by Gasteiger charge is 2.26. The number of carbonyl (C=O) groups is 1. The third-order valence-electron chi connectivity index (χ3n) is 2.54. The van der Waals surface area contributed by atoms with Crippen molar-refractivity contribution in [1.29, 1.82) is 0 Å². The summed E-state index contributed by atoms with van der Waals surface area (Å²) in [5.41, 5.74) is 1.59. The number of rotatable bonds is 5. The van der Waals surface area contributed by atoms with E-state index < -0.39 is 21.0 Å². The van der Waals surface area contributed by atoms with Crippen LogP contribution in [0.1, 0.15) is 12.5 Å². The van der Waals surface area contributed by atoms with E-state index in [1.54, 1.807) is 18.2 Å². The van der Waals surface area contributed by atoms with Crippen LogP contribution >= 0.6 is 0 Å². The van der Waals surface area contributed by atoms with Crippen molar-refractivity contribution >= 4 is 21.4 Å². The van der Waals surface area contributed by atoms with Crippen LogP contribution in [0.4, 0.5) is 5.69 Å². The molecule has 1 N–H and O–H groups in total. The van der Waals surface area contributed by atoms with Gasteiger partial charge in [-0.2, -0.15) is 0 Å². The molecule has 0 aliphatic rings. The number of carbonyl (C=O) groups excluding carboxylic acids is 1. The Hall–Kier alpha value is -1.62. The maximum absolute atomic E-state index is 11.8. The quantitative estimate of drug-likeness (QED) is 0.829. The van der Waals surface area contributed by atoms with E-state index in [0.29, 0.717) is 5.69 Å². The second-order valence-corrected chi connectivity index (χ2v) is 6.49. The van der Waals surface area contributed by atoms with Crippen LogP contribution in [-0.2, 0) is 14.6 Å². The average molecular weight is 267 g/mol. The van der Waals surface area contributed by atoms with Gasteiger partial charge in [0.15, 0.2) is 9.84 Å². The van der Waals surface area contributed by atoms with Crippen LogP contribution in [0.25, 0.3) is 0 Å². The molecule has 0 spiro atoms. The van der Waals surface area contributed by atoms with Gasteiger partial charge in [-0.15, -0.1) is 6.58 Å². The van der Waals surface area contributed by atoms with Crippen molar-refractivity contribution in [3.05, 3.63) is 42.5 Å². The highest BCUT2D eigenvalue weighted by Crippen LogP contribution is 2.12. The molecule has 0 radical (unpaired) electrons. The van der Waals surface area contributed by atoms with Gasteiger partial charge in [-0.1, -0.05) is 18.2 Å². The van der Waals surface area contributed by atoms with Gasteiger partial charge in [0.05, 0.1) is 5.75 Å². The van der Waals surface area contributed by atoms with E-state index in [1.807, 2.05) is 13.0 Å². The number of hydrogen-bond acceptors (Lipinski definition) is 3. The third-order valence-corrected chi connectivity index (χ3v) is 4.54. The van der Waals surface area contributed by atoms with Gasteiger partial charge < -0.3 is 5.32 Å². The summed E-state index contributed by atoms with van der Waals surface area (Å²) in [6, 6.07) is 7.20. The summed E-state index contributed by atoms with van der Waals surface area (Å²) in [4.78, 5) is 11.8. The summed E-state index contributed by atoms with van der Waals surface area (Å²) in [6.45, 7) is 6.65. The predicted molar refractivity (Wildman–Crippen MR) is 73.3 cm³/mol. The van der Waals surface area contributed by atoms with Gasteiger partial charge in [-0.25, -0.2) is 8.42 Å². The Labute approximate surface area is 108 Å². The Morgan fingerprint density at radius 3 is 2.72 bits per heavy atom. The molecule has 5 heteroatoms. The summed E-state index contributed by atoms with van der Waals surface area (Å²) in [7, 11) is -3.47. The molecule has 0 saturated carbocycles. The number of nitrogens with one attached hydrogen (secondary N) is 1. The van der Waals surface area contributed by atoms with Gasteiger partial charge in [-0.05, 0) is 31.5 Å². The standard InChI is InChI=1S/C13H17NO3S/c1-4-8-18(16,17)11(3)13(15)14-12-7-5-6-10(2)9-12/h4-7,9,11H,1,8H2,2-3H3,(H,14,15). The summed E-state index contributed by atoms with van der Waals surface area (Å²) in [5.74, 6) is -0.725. The molecule has 1 aromatic rings. The maximum atomic E-state index is 11.8. The van der Waals surface area contributed by atoms with E-state index in [2.05, 4.69) is 11.9 Å². The van der Waals surface area contributed by atoms with Gasteiger partial charge in [0.25, 0.3) is 0 Å². The smallest absolute Gasteiger partial charge is 0.242 e.